The van der Waals surface area contributed by atoms with Crippen LogP contribution >= 0.6 is 0 Å². The lowest BCUT2D eigenvalue weighted by Gasteiger charge is -2.26. The third kappa shape index (κ3) is 4.31. The molecule has 1 saturated heterocycles. The fourth-order valence-corrected chi connectivity index (χ4v) is 3.61. The van der Waals surface area contributed by atoms with Gasteiger partial charge in [-0.05, 0) is 50.2 Å². The largest absolute Gasteiger partial charge is 0.468 e. The Hall–Kier alpha value is -2.80. The van der Waals surface area contributed by atoms with Crippen LogP contribution in [-0.4, -0.2) is 46.5 Å². The maximum Gasteiger partial charge on any atom is 0.314 e. The molecule has 0 saturated carbocycles. The normalized spacial score (nSPS) is 15.9. The number of hydrogen-bond acceptors (Lipinski definition) is 4. The van der Waals surface area contributed by atoms with Gasteiger partial charge in [0.1, 0.15) is 11.4 Å². The predicted molar refractivity (Wildman–Crippen MR) is 103 cm³/mol. The zero-order valence-electron chi connectivity index (χ0n) is 15.3. The average molecular weight is 367 g/mol. The molecule has 2 N–H and O–H groups in total. The predicted octanol–water partition coefficient (Wildman–Crippen LogP) is 2.61. The molecule has 0 bridgehead atoms. The molecule has 0 radical (unpaired) electrons. The molecule has 2 amide bonds. The van der Waals surface area contributed by atoms with Crippen LogP contribution < -0.4 is 10.6 Å². The fourth-order valence-electron chi connectivity index (χ4n) is 3.61. The van der Waals surface area contributed by atoms with Gasteiger partial charge in [-0.3, -0.25) is 4.90 Å². The molecule has 4 heterocycles. The van der Waals surface area contributed by atoms with E-state index in [0.29, 0.717) is 19.5 Å². The zero-order chi connectivity index (χ0) is 18.5. The van der Waals surface area contributed by atoms with Crippen LogP contribution in [0.5, 0.6) is 0 Å². The Bertz CT molecular complexity index is 835. The van der Waals surface area contributed by atoms with E-state index in [2.05, 4.69) is 20.5 Å². The van der Waals surface area contributed by atoms with E-state index in [1.807, 2.05) is 47.1 Å². The van der Waals surface area contributed by atoms with E-state index in [0.717, 1.165) is 30.2 Å². The van der Waals surface area contributed by atoms with Crippen LogP contribution in [-0.2, 0) is 6.42 Å². The van der Waals surface area contributed by atoms with E-state index >= 15 is 0 Å². The minimum absolute atomic E-state index is 0.0895. The third-order valence-corrected chi connectivity index (χ3v) is 4.99. The highest BCUT2D eigenvalue weighted by molar-refractivity contribution is 5.73. The number of nitrogens with zero attached hydrogens (tertiary/aromatic N) is 3. The van der Waals surface area contributed by atoms with Gasteiger partial charge in [0, 0.05) is 31.9 Å². The van der Waals surface area contributed by atoms with Crippen molar-refractivity contribution in [2.24, 2.45) is 0 Å². The number of aromatic nitrogens is 2. The summed E-state index contributed by atoms with van der Waals surface area (Å²) in [7, 11) is 0. The van der Waals surface area contributed by atoms with E-state index in [1.54, 1.807) is 6.26 Å². The SMILES string of the molecule is O=C(NCCc1cn2ccccc2n1)NCC(c1ccco1)N1CCCC1. The first-order valence-corrected chi connectivity index (χ1v) is 9.51. The summed E-state index contributed by atoms with van der Waals surface area (Å²) in [5.74, 6) is 0.905. The Morgan fingerprint density at radius 3 is 2.85 bits per heavy atom. The van der Waals surface area contributed by atoms with Crippen molar-refractivity contribution in [2.75, 3.05) is 26.2 Å². The van der Waals surface area contributed by atoms with Crippen molar-refractivity contribution in [1.29, 1.82) is 0 Å². The zero-order valence-corrected chi connectivity index (χ0v) is 15.3. The average Bonchev–Trinajstić information content (AvgIpc) is 3.43. The van der Waals surface area contributed by atoms with Crippen LogP contribution in [0.4, 0.5) is 4.79 Å². The van der Waals surface area contributed by atoms with E-state index in [9.17, 15) is 4.79 Å². The van der Waals surface area contributed by atoms with Crippen molar-refractivity contribution in [3.05, 3.63) is 60.4 Å². The minimum atomic E-state index is -0.158. The molecule has 1 unspecified atom stereocenters. The quantitative estimate of drug-likeness (QED) is 0.673. The lowest BCUT2D eigenvalue weighted by Crippen LogP contribution is -2.42. The summed E-state index contributed by atoms with van der Waals surface area (Å²) >= 11 is 0. The summed E-state index contributed by atoms with van der Waals surface area (Å²) in [6.07, 6.45) is 8.75. The molecule has 1 atom stereocenters. The molecule has 1 fully saturated rings. The second-order valence-corrected chi connectivity index (χ2v) is 6.86. The van der Waals surface area contributed by atoms with Crippen LogP contribution in [0.3, 0.4) is 0 Å². The molecular weight excluding hydrogens is 342 g/mol. The summed E-state index contributed by atoms with van der Waals surface area (Å²) in [6.45, 7) is 3.17. The number of carbonyl (C=O) groups is 1. The molecule has 0 aliphatic carbocycles. The fraction of sp³-hybridized carbons (Fsp3) is 0.400. The van der Waals surface area contributed by atoms with Crippen molar-refractivity contribution in [2.45, 2.75) is 25.3 Å². The highest BCUT2D eigenvalue weighted by atomic mass is 16.3. The van der Waals surface area contributed by atoms with E-state index in [-0.39, 0.29) is 12.1 Å². The summed E-state index contributed by atoms with van der Waals surface area (Å²) in [6, 6.07) is 9.71. The van der Waals surface area contributed by atoms with Crippen LogP contribution in [0.2, 0.25) is 0 Å². The standard InChI is InChI=1S/C20H25N5O2/c26-20(21-9-8-16-15-25-12-2-1-7-19(25)23-16)22-14-17(18-6-5-13-27-18)24-10-3-4-11-24/h1-2,5-7,12-13,15,17H,3-4,8-11,14H2,(H2,21,22,26). The Morgan fingerprint density at radius 2 is 2.07 bits per heavy atom. The number of urea groups is 1. The number of hydrogen-bond donors (Lipinski definition) is 2. The molecule has 3 aromatic heterocycles. The lowest BCUT2D eigenvalue weighted by atomic mass is 10.2. The lowest BCUT2D eigenvalue weighted by molar-refractivity contribution is 0.203. The molecule has 4 rings (SSSR count). The monoisotopic (exact) mass is 367 g/mol. The molecule has 0 spiro atoms. The van der Waals surface area contributed by atoms with Gasteiger partial charge in [0.05, 0.1) is 18.0 Å². The van der Waals surface area contributed by atoms with Crippen LogP contribution in [0, 0.1) is 0 Å². The molecular formula is C20H25N5O2. The number of nitrogens with one attached hydrogen (secondary N) is 2. The second kappa shape index (κ2) is 8.26. The first-order chi connectivity index (χ1) is 13.3. The maximum atomic E-state index is 12.2. The Labute approximate surface area is 158 Å². The van der Waals surface area contributed by atoms with Gasteiger partial charge in [-0.15, -0.1) is 0 Å². The topological polar surface area (TPSA) is 74.8 Å². The maximum absolute atomic E-state index is 12.2. The van der Waals surface area contributed by atoms with Crippen molar-refractivity contribution in [3.63, 3.8) is 0 Å². The first kappa shape index (κ1) is 17.6. The highest BCUT2D eigenvalue weighted by Crippen LogP contribution is 2.24. The molecule has 1 aliphatic heterocycles. The van der Waals surface area contributed by atoms with Crippen molar-refractivity contribution in [1.82, 2.24) is 24.9 Å². The van der Waals surface area contributed by atoms with Crippen LogP contribution in [0.25, 0.3) is 5.65 Å². The van der Waals surface area contributed by atoms with Crippen LogP contribution in [0.1, 0.15) is 30.3 Å². The van der Waals surface area contributed by atoms with Gasteiger partial charge in [0.15, 0.2) is 0 Å². The van der Waals surface area contributed by atoms with Gasteiger partial charge in [-0.2, -0.15) is 0 Å². The Balaban J connectivity index is 1.25. The number of amides is 2. The molecule has 1 aliphatic rings. The molecule has 27 heavy (non-hydrogen) atoms. The van der Waals surface area contributed by atoms with Crippen molar-refractivity contribution >= 4 is 11.7 Å². The summed E-state index contributed by atoms with van der Waals surface area (Å²) in [5, 5.41) is 5.90. The van der Waals surface area contributed by atoms with E-state index in [4.69, 9.17) is 4.42 Å². The minimum Gasteiger partial charge on any atom is -0.468 e. The number of rotatable bonds is 7. The first-order valence-electron chi connectivity index (χ1n) is 9.51. The summed E-state index contributed by atoms with van der Waals surface area (Å²) in [4.78, 5) is 19.1. The summed E-state index contributed by atoms with van der Waals surface area (Å²) in [5.41, 5.74) is 1.89. The highest BCUT2D eigenvalue weighted by Gasteiger charge is 2.25. The van der Waals surface area contributed by atoms with Gasteiger partial charge in [-0.25, -0.2) is 9.78 Å². The van der Waals surface area contributed by atoms with Gasteiger partial charge < -0.3 is 19.5 Å². The van der Waals surface area contributed by atoms with E-state index in [1.165, 1.54) is 12.8 Å². The van der Waals surface area contributed by atoms with Gasteiger partial charge >= 0.3 is 6.03 Å². The van der Waals surface area contributed by atoms with Crippen molar-refractivity contribution in [3.8, 4) is 0 Å². The second-order valence-electron chi connectivity index (χ2n) is 6.86. The smallest absolute Gasteiger partial charge is 0.314 e. The molecule has 7 heteroatoms. The number of pyridine rings is 1. The molecule has 142 valence electrons. The number of imidazole rings is 1. The van der Waals surface area contributed by atoms with Gasteiger partial charge in [-0.1, -0.05) is 6.07 Å². The third-order valence-electron chi connectivity index (χ3n) is 4.99. The summed E-state index contributed by atoms with van der Waals surface area (Å²) < 4.78 is 7.57. The number of furan rings is 1. The number of fused-ring (bicyclic) bond motifs is 1. The van der Waals surface area contributed by atoms with Gasteiger partial charge in [0.2, 0.25) is 0 Å². The van der Waals surface area contributed by atoms with Gasteiger partial charge in [0.25, 0.3) is 0 Å². The number of carbonyl (C=O) groups excluding carboxylic acids is 1. The number of likely N-dealkylation sites (tertiary alicyclic amines) is 1. The Morgan fingerprint density at radius 1 is 1.19 bits per heavy atom. The van der Waals surface area contributed by atoms with E-state index < -0.39 is 0 Å². The van der Waals surface area contributed by atoms with Crippen LogP contribution in [0.15, 0.2) is 53.4 Å². The molecule has 3 aromatic rings. The Kier molecular flexibility index (Phi) is 5.39. The molecule has 7 nitrogen and oxygen atoms in total. The molecule has 0 aromatic carbocycles. The van der Waals surface area contributed by atoms with Crippen molar-refractivity contribution < 1.29 is 9.21 Å².